The smallest absolute Gasteiger partial charge is 0.303 e. The van der Waals surface area contributed by atoms with Crippen LogP contribution in [-0.4, -0.2) is 20.5 Å². The van der Waals surface area contributed by atoms with E-state index in [0.29, 0.717) is 12.2 Å². The number of aromatic nitrogens is 2. The van der Waals surface area contributed by atoms with E-state index < -0.39 is 5.97 Å². The first kappa shape index (κ1) is 19.2. The van der Waals surface area contributed by atoms with Crippen molar-refractivity contribution in [1.82, 2.24) is 9.38 Å². The van der Waals surface area contributed by atoms with E-state index in [-0.39, 0.29) is 43.6 Å². The number of halogens is 3. The molecule has 0 unspecified atom stereocenters. The first-order valence-electron chi connectivity index (χ1n) is 4.61. The average Bonchev–Trinajstić information content (AvgIpc) is 2.50. The number of hydrogen-bond donors (Lipinski definition) is 2. The van der Waals surface area contributed by atoms with Crippen molar-refractivity contribution in [2.75, 3.05) is 5.73 Å². The number of rotatable bonds is 3. The maximum atomic E-state index is 10.5. The van der Waals surface area contributed by atoms with Gasteiger partial charge in [0, 0.05) is 12.6 Å². The van der Waals surface area contributed by atoms with Gasteiger partial charge in [-0.2, -0.15) is 0 Å². The summed E-state index contributed by atoms with van der Waals surface area (Å²) >= 11 is 0. The minimum absolute atomic E-state index is 0. The van der Waals surface area contributed by atoms with Crippen LogP contribution in [-0.2, 0) is 11.2 Å². The van der Waals surface area contributed by atoms with E-state index >= 15 is 0 Å². The van der Waals surface area contributed by atoms with Crippen LogP contribution in [0.4, 0.5) is 5.82 Å². The number of carbonyl (C=O) groups is 1. The second-order valence-corrected chi connectivity index (χ2v) is 3.27. The monoisotopic (exact) mass is 313 g/mol. The number of anilines is 1. The molecule has 8 heteroatoms. The fourth-order valence-electron chi connectivity index (χ4n) is 1.54. The third-order valence-electron chi connectivity index (χ3n) is 2.24. The molecule has 0 spiro atoms. The van der Waals surface area contributed by atoms with E-state index in [2.05, 4.69) is 4.98 Å². The highest BCUT2D eigenvalue weighted by Crippen LogP contribution is 2.15. The van der Waals surface area contributed by atoms with Crippen LogP contribution >= 0.6 is 37.2 Å². The highest BCUT2D eigenvalue weighted by molar-refractivity contribution is 5.86. The highest BCUT2D eigenvalue weighted by atomic mass is 35.5. The summed E-state index contributed by atoms with van der Waals surface area (Å²) in [5.74, 6) is -0.428. The number of aliphatic carboxylic acids is 1. The van der Waals surface area contributed by atoms with Crippen LogP contribution in [0.15, 0.2) is 24.4 Å². The van der Waals surface area contributed by atoms with Crippen LogP contribution in [0.2, 0.25) is 0 Å². The predicted octanol–water partition coefficient (Wildman–Crippen LogP) is 2.20. The molecule has 0 radical (unpaired) electrons. The second-order valence-electron chi connectivity index (χ2n) is 3.27. The van der Waals surface area contributed by atoms with Crippen LogP contribution < -0.4 is 5.73 Å². The van der Waals surface area contributed by atoms with Crippen LogP contribution in [0.5, 0.6) is 0 Å². The van der Waals surface area contributed by atoms with Gasteiger partial charge in [0.2, 0.25) is 0 Å². The predicted molar refractivity (Wildman–Crippen MR) is 77.3 cm³/mol. The van der Waals surface area contributed by atoms with Gasteiger partial charge in [-0.3, -0.25) is 4.79 Å². The normalized spacial score (nSPS) is 8.89. The van der Waals surface area contributed by atoms with Crippen molar-refractivity contribution in [2.24, 2.45) is 0 Å². The Morgan fingerprint density at radius 1 is 1.33 bits per heavy atom. The van der Waals surface area contributed by atoms with Crippen molar-refractivity contribution < 1.29 is 9.90 Å². The van der Waals surface area contributed by atoms with Gasteiger partial charge in [0.1, 0.15) is 11.5 Å². The molecule has 102 valence electrons. The van der Waals surface area contributed by atoms with E-state index in [1.54, 1.807) is 0 Å². The molecule has 0 aliphatic carbocycles. The van der Waals surface area contributed by atoms with Crippen molar-refractivity contribution in [1.29, 1.82) is 0 Å². The highest BCUT2D eigenvalue weighted by Gasteiger charge is 2.09. The minimum atomic E-state index is -0.833. The quantitative estimate of drug-likeness (QED) is 0.910. The van der Waals surface area contributed by atoms with Crippen molar-refractivity contribution >= 4 is 54.7 Å². The maximum absolute atomic E-state index is 10.5. The van der Waals surface area contributed by atoms with Gasteiger partial charge < -0.3 is 15.2 Å². The number of pyridine rings is 1. The Kier molecular flexibility index (Phi) is 8.55. The third-order valence-corrected chi connectivity index (χ3v) is 2.24. The fraction of sp³-hybridized carbons (Fsp3) is 0.200. The molecule has 0 saturated heterocycles. The number of nitrogens with zero attached hydrogens (tertiary/aromatic N) is 2. The van der Waals surface area contributed by atoms with Gasteiger partial charge in [0.25, 0.3) is 0 Å². The number of hydrogen-bond acceptors (Lipinski definition) is 3. The van der Waals surface area contributed by atoms with Crippen molar-refractivity contribution in [3.8, 4) is 0 Å². The number of carboxylic acids is 1. The van der Waals surface area contributed by atoms with Gasteiger partial charge in [-0.25, -0.2) is 4.98 Å². The molecule has 0 fully saturated rings. The lowest BCUT2D eigenvalue weighted by molar-refractivity contribution is -0.136. The molecular weight excluding hydrogens is 300 g/mol. The molecule has 3 N–H and O–H groups in total. The molecule has 2 aromatic heterocycles. The Morgan fingerprint density at radius 3 is 2.61 bits per heavy atom. The molecule has 0 aliphatic heterocycles. The third kappa shape index (κ3) is 3.94. The lowest BCUT2D eigenvalue weighted by atomic mass is 10.2. The molecule has 0 saturated carbocycles. The zero-order valence-electron chi connectivity index (χ0n) is 9.28. The summed E-state index contributed by atoms with van der Waals surface area (Å²) in [6, 6.07) is 5.56. The lowest BCUT2D eigenvalue weighted by Crippen LogP contribution is -2.02. The summed E-state index contributed by atoms with van der Waals surface area (Å²) in [7, 11) is 0. The zero-order chi connectivity index (χ0) is 10.8. The summed E-state index contributed by atoms with van der Waals surface area (Å²) < 4.78 is 1.82. The number of aryl methyl sites for hydroxylation is 1. The van der Waals surface area contributed by atoms with Crippen LogP contribution in [0, 0.1) is 0 Å². The summed E-state index contributed by atoms with van der Waals surface area (Å²) in [6.07, 6.45) is 2.29. The fourth-order valence-corrected chi connectivity index (χ4v) is 1.54. The Hall–Kier alpha value is -1.17. The lowest BCUT2D eigenvalue weighted by Gasteiger charge is -1.99. The van der Waals surface area contributed by atoms with E-state index in [1.807, 2.05) is 28.8 Å². The molecule has 2 heterocycles. The van der Waals surface area contributed by atoms with Gasteiger partial charge in [0.05, 0.1) is 12.1 Å². The van der Waals surface area contributed by atoms with E-state index in [4.69, 9.17) is 10.8 Å². The van der Waals surface area contributed by atoms with E-state index in [0.717, 1.165) is 11.3 Å². The van der Waals surface area contributed by atoms with Gasteiger partial charge in [-0.15, -0.1) is 37.2 Å². The number of carboxylic acid groups (broad SMARTS) is 1. The van der Waals surface area contributed by atoms with Crippen LogP contribution in [0.3, 0.4) is 0 Å². The first-order valence-corrected chi connectivity index (χ1v) is 4.61. The number of nitrogen functional groups attached to an aromatic ring is 1. The first-order chi connectivity index (χ1) is 7.18. The van der Waals surface area contributed by atoms with Gasteiger partial charge in [0.15, 0.2) is 0 Å². The van der Waals surface area contributed by atoms with Gasteiger partial charge >= 0.3 is 5.97 Å². The van der Waals surface area contributed by atoms with Crippen molar-refractivity contribution in [2.45, 2.75) is 12.8 Å². The van der Waals surface area contributed by atoms with Gasteiger partial charge in [-0.1, -0.05) is 6.07 Å². The molecule has 2 rings (SSSR count). The summed E-state index contributed by atoms with van der Waals surface area (Å²) in [4.78, 5) is 14.6. The van der Waals surface area contributed by atoms with Crippen molar-refractivity contribution in [3.63, 3.8) is 0 Å². The van der Waals surface area contributed by atoms with Crippen LogP contribution in [0.1, 0.15) is 12.1 Å². The Bertz CT molecular complexity index is 516. The Labute approximate surface area is 123 Å². The van der Waals surface area contributed by atoms with E-state index in [9.17, 15) is 4.79 Å². The Morgan fingerprint density at radius 2 is 2.00 bits per heavy atom. The average molecular weight is 315 g/mol. The number of nitrogens with two attached hydrogens (primary N) is 1. The summed E-state index contributed by atoms with van der Waals surface area (Å²) in [6.45, 7) is 0. The molecule has 0 bridgehead atoms. The SMILES string of the molecule is Cl.Cl.Cl.Nc1nc2ccccn2c1CCC(=O)O. The largest absolute Gasteiger partial charge is 0.481 e. The molecule has 0 amide bonds. The molecule has 18 heavy (non-hydrogen) atoms. The molecule has 2 aromatic rings. The van der Waals surface area contributed by atoms with Crippen LogP contribution in [0.25, 0.3) is 5.65 Å². The van der Waals surface area contributed by atoms with Gasteiger partial charge in [-0.05, 0) is 12.1 Å². The molecule has 0 aliphatic rings. The standard InChI is InChI=1S/C10H11N3O2.3ClH/c11-10-7(4-5-9(14)15)13-6-2-1-3-8(13)12-10;;;/h1-3,6H,4-5,11H2,(H,14,15);3*1H. The zero-order valence-corrected chi connectivity index (χ0v) is 11.7. The minimum Gasteiger partial charge on any atom is -0.481 e. The topological polar surface area (TPSA) is 80.6 Å². The molecular formula is C10H14Cl3N3O2. The summed E-state index contributed by atoms with van der Waals surface area (Å²) in [5, 5.41) is 8.60. The summed E-state index contributed by atoms with van der Waals surface area (Å²) in [5.41, 5.74) is 7.22. The number of imidazole rings is 1. The van der Waals surface area contributed by atoms with E-state index in [1.165, 1.54) is 0 Å². The van der Waals surface area contributed by atoms with Crippen molar-refractivity contribution in [3.05, 3.63) is 30.1 Å². The molecule has 0 aromatic carbocycles. The molecule has 0 atom stereocenters. The Balaban J connectivity index is 0. The molecule has 5 nitrogen and oxygen atoms in total. The number of fused-ring (bicyclic) bond motifs is 1. The second kappa shape index (κ2) is 8.02. The maximum Gasteiger partial charge on any atom is 0.303 e.